The van der Waals surface area contributed by atoms with E-state index in [1.165, 1.54) is 0 Å². The molecule has 2 rings (SSSR count). The second-order valence-corrected chi connectivity index (χ2v) is 4.48. The highest BCUT2D eigenvalue weighted by Gasteiger charge is 2.25. The maximum absolute atomic E-state index is 11.9. The van der Waals surface area contributed by atoms with Crippen LogP contribution in [0, 0.1) is 0 Å². The topological polar surface area (TPSA) is 80.9 Å². The Morgan fingerprint density at radius 2 is 2.00 bits per heavy atom. The molecule has 1 atom stereocenters. The summed E-state index contributed by atoms with van der Waals surface area (Å²) in [4.78, 5) is 20.3. The van der Waals surface area contributed by atoms with Crippen LogP contribution >= 0.6 is 0 Å². The Morgan fingerprint density at radius 3 is 2.67 bits per heavy atom. The lowest BCUT2D eigenvalue weighted by Crippen LogP contribution is -2.47. The summed E-state index contributed by atoms with van der Waals surface area (Å²) in [6, 6.07) is 5.39. The number of nitrogens with one attached hydrogen (secondary N) is 1. The molecule has 2 aromatic rings. The Bertz CT molecular complexity index is 580. The van der Waals surface area contributed by atoms with E-state index in [1.54, 1.807) is 31.5 Å². The van der Waals surface area contributed by atoms with Crippen LogP contribution in [0.15, 0.2) is 30.6 Å². The van der Waals surface area contributed by atoms with Gasteiger partial charge < -0.3 is 11.1 Å². The summed E-state index contributed by atoms with van der Waals surface area (Å²) in [5.41, 5.74) is 7.23. The van der Waals surface area contributed by atoms with Crippen LogP contribution in [0.5, 0.6) is 0 Å². The second kappa shape index (κ2) is 4.70. The molecule has 0 saturated carbocycles. The average Bonchev–Trinajstić information content (AvgIpc) is 2.38. The van der Waals surface area contributed by atoms with Crippen LogP contribution in [0.1, 0.15) is 20.3 Å². The number of aromatic nitrogens is 2. The predicted molar refractivity (Wildman–Crippen MR) is 71.1 cm³/mol. The highest BCUT2D eigenvalue weighted by molar-refractivity contribution is 5.98. The summed E-state index contributed by atoms with van der Waals surface area (Å²) in [6.45, 7) is 3.59. The standard InChI is InChI=1S/C13H16N4O/c1-3-13(2,14)12(18)17-9-4-5-10-11(8-9)16-7-6-15-10/h4-8H,3,14H2,1-2H3,(H,17,18). The van der Waals surface area contributed by atoms with Gasteiger partial charge in [0.15, 0.2) is 0 Å². The van der Waals surface area contributed by atoms with Crippen molar-refractivity contribution in [3.05, 3.63) is 30.6 Å². The lowest BCUT2D eigenvalue weighted by molar-refractivity contribution is -0.120. The highest BCUT2D eigenvalue weighted by Crippen LogP contribution is 2.16. The Hall–Kier alpha value is -2.01. The zero-order valence-corrected chi connectivity index (χ0v) is 10.5. The third kappa shape index (κ3) is 2.46. The molecule has 5 heteroatoms. The number of nitrogens with two attached hydrogens (primary N) is 1. The van der Waals surface area contributed by atoms with Gasteiger partial charge in [-0.3, -0.25) is 14.8 Å². The van der Waals surface area contributed by atoms with Crippen molar-refractivity contribution in [3.63, 3.8) is 0 Å². The fraction of sp³-hybridized carbons (Fsp3) is 0.308. The molecule has 1 aromatic heterocycles. The molecule has 0 bridgehead atoms. The molecule has 0 fully saturated rings. The average molecular weight is 244 g/mol. The quantitative estimate of drug-likeness (QED) is 0.861. The Labute approximate surface area is 105 Å². The minimum atomic E-state index is -0.864. The summed E-state index contributed by atoms with van der Waals surface area (Å²) < 4.78 is 0. The molecule has 1 amide bonds. The van der Waals surface area contributed by atoms with Gasteiger partial charge in [-0.15, -0.1) is 0 Å². The van der Waals surface area contributed by atoms with E-state index in [4.69, 9.17) is 5.73 Å². The first kappa shape index (κ1) is 12.4. The third-order valence-corrected chi connectivity index (χ3v) is 2.98. The van der Waals surface area contributed by atoms with Crippen LogP contribution in [0.3, 0.4) is 0 Å². The summed E-state index contributed by atoms with van der Waals surface area (Å²) in [6.07, 6.45) is 3.83. The van der Waals surface area contributed by atoms with Gasteiger partial charge in [0.25, 0.3) is 0 Å². The van der Waals surface area contributed by atoms with Crippen LogP contribution < -0.4 is 11.1 Å². The van der Waals surface area contributed by atoms with Crippen molar-refractivity contribution in [3.8, 4) is 0 Å². The minimum Gasteiger partial charge on any atom is -0.324 e. The molecule has 1 unspecified atom stereocenters. The highest BCUT2D eigenvalue weighted by atomic mass is 16.2. The second-order valence-electron chi connectivity index (χ2n) is 4.48. The van der Waals surface area contributed by atoms with E-state index in [9.17, 15) is 4.79 Å². The molecular formula is C13H16N4O. The summed E-state index contributed by atoms with van der Waals surface area (Å²) in [5, 5.41) is 2.79. The molecule has 0 aliphatic carbocycles. The lowest BCUT2D eigenvalue weighted by atomic mass is 9.99. The van der Waals surface area contributed by atoms with Crippen molar-refractivity contribution in [1.29, 1.82) is 0 Å². The minimum absolute atomic E-state index is 0.201. The van der Waals surface area contributed by atoms with Crippen molar-refractivity contribution in [2.45, 2.75) is 25.8 Å². The maximum Gasteiger partial charge on any atom is 0.244 e. The first-order valence-corrected chi connectivity index (χ1v) is 5.84. The molecule has 1 aromatic carbocycles. The number of rotatable bonds is 3. The molecule has 0 spiro atoms. The lowest BCUT2D eigenvalue weighted by Gasteiger charge is -2.21. The van der Waals surface area contributed by atoms with Gasteiger partial charge in [-0.25, -0.2) is 0 Å². The van der Waals surface area contributed by atoms with Gasteiger partial charge in [0.05, 0.1) is 16.6 Å². The number of carbonyl (C=O) groups is 1. The van der Waals surface area contributed by atoms with Crippen molar-refractivity contribution >= 4 is 22.6 Å². The fourth-order valence-electron chi connectivity index (χ4n) is 1.48. The van der Waals surface area contributed by atoms with Crippen LogP contribution in [0.4, 0.5) is 5.69 Å². The number of nitrogens with zero attached hydrogens (tertiary/aromatic N) is 2. The van der Waals surface area contributed by atoms with Gasteiger partial charge in [-0.05, 0) is 31.5 Å². The van der Waals surface area contributed by atoms with Crippen molar-refractivity contribution in [2.75, 3.05) is 5.32 Å². The van der Waals surface area contributed by atoms with E-state index < -0.39 is 5.54 Å². The van der Waals surface area contributed by atoms with Gasteiger partial charge in [-0.2, -0.15) is 0 Å². The van der Waals surface area contributed by atoms with E-state index >= 15 is 0 Å². The van der Waals surface area contributed by atoms with E-state index in [-0.39, 0.29) is 5.91 Å². The first-order valence-electron chi connectivity index (χ1n) is 5.84. The normalized spacial score (nSPS) is 14.2. The number of amides is 1. The smallest absolute Gasteiger partial charge is 0.244 e. The van der Waals surface area contributed by atoms with E-state index in [0.29, 0.717) is 12.1 Å². The Balaban J connectivity index is 2.25. The van der Waals surface area contributed by atoms with Crippen LogP contribution in [-0.4, -0.2) is 21.4 Å². The molecule has 0 radical (unpaired) electrons. The Kier molecular flexibility index (Phi) is 3.25. The number of anilines is 1. The van der Waals surface area contributed by atoms with Crippen molar-refractivity contribution < 1.29 is 4.79 Å². The number of hydrogen-bond acceptors (Lipinski definition) is 4. The molecule has 18 heavy (non-hydrogen) atoms. The van der Waals surface area contributed by atoms with E-state index in [1.807, 2.05) is 13.0 Å². The molecule has 3 N–H and O–H groups in total. The number of benzene rings is 1. The SMILES string of the molecule is CCC(C)(N)C(=O)Nc1ccc2nccnc2c1. The van der Waals surface area contributed by atoms with Gasteiger partial charge in [-0.1, -0.05) is 6.92 Å². The van der Waals surface area contributed by atoms with Crippen molar-refractivity contribution in [1.82, 2.24) is 9.97 Å². The first-order chi connectivity index (χ1) is 8.53. The van der Waals surface area contributed by atoms with Gasteiger partial charge in [0.1, 0.15) is 0 Å². The van der Waals surface area contributed by atoms with E-state index in [2.05, 4.69) is 15.3 Å². The summed E-state index contributed by atoms with van der Waals surface area (Å²) in [7, 11) is 0. The Morgan fingerprint density at radius 1 is 1.33 bits per heavy atom. The molecule has 5 nitrogen and oxygen atoms in total. The maximum atomic E-state index is 11.9. The number of fused-ring (bicyclic) bond motifs is 1. The molecule has 94 valence electrons. The summed E-state index contributed by atoms with van der Waals surface area (Å²) >= 11 is 0. The molecule has 0 aliphatic heterocycles. The molecule has 1 heterocycles. The number of carbonyl (C=O) groups excluding carboxylic acids is 1. The zero-order chi connectivity index (χ0) is 13.2. The van der Waals surface area contributed by atoms with Gasteiger partial charge in [0.2, 0.25) is 5.91 Å². The molecular weight excluding hydrogens is 228 g/mol. The van der Waals surface area contributed by atoms with Crippen LogP contribution in [0.2, 0.25) is 0 Å². The predicted octanol–water partition coefficient (Wildman–Crippen LogP) is 1.70. The number of hydrogen-bond donors (Lipinski definition) is 2. The largest absolute Gasteiger partial charge is 0.324 e. The third-order valence-electron chi connectivity index (χ3n) is 2.98. The van der Waals surface area contributed by atoms with E-state index in [0.717, 1.165) is 11.0 Å². The summed E-state index contributed by atoms with van der Waals surface area (Å²) in [5.74, 6) is -0.201. The molecule has 0 saturated heterocycles. The monoisotopic (exact) mass is 244 g/mol. The van der Waals surface area contributed by atoms with Gasteiger partial charge in [0, 0.05) is 18.1 Å². The van der Waals surface area contributed by atoms with Crippen LogP contribution in [0.25, 0.3) is 11.0 Å². The molecule has 0 aliphatic rings. The zero-order valence-electron chi connectivity index (χ0n) is 10.5. The fourth-order valence-corrected chi connectivity index (χ4v) is 1.48. The van der Waals surface area contributed by atoms with Gasteiger partial charge >= 0.3 is 0 Å². The van der Waals surface area contributed by atoms with Crippen LogP contribution in [-0.2, 0) is 4.79 Å². The van der Waals surface area contributed by atoms with Crippen molar-refractivity contribution in [2.24, 2.45) is 5.73 Å².